The maximum atomic E-state index is 9.64. The predicted octanol–water partition coefficient (Wildman–Crippen LogP) is -0.635. The van der Waals surface area contributed by atoms with Crippen LogP contribution in [-0.2, 0) is 9.37 Å². The van der Waals surface area contributed by atoms with Gasteiger partial charge in [0.2, 0.25) is 0 Å². The third kappa shape index (κ3) is 5.14. The number of rotatable bonds is 4. The van der Waals surface area contributed by atoms with Gasteiger partial charge in [0.1, 0.15) is 6.29 Å². The molecule has 0 amide bonds. The predicted molar refractivity (Wildman–Crippen MR) is 26.0 cm³/mol. The van der Waals surface area contributed by atoms with E-state index in [4.69, 9.17) is 0 Å². The molecular weight excluding hydrogens is 108 g/mol. The minimum absolute atomic E-state index is 0.500. The lowest BCUT2D eigenvalue weighted by molar-refractivity contribution is -1.04. The van der Waals surface area contributed by atoms with Crippen LogP contribution in [0.4, 0.5) is 0 Å². The standard InChI is InChI=1S/C5H8O3/c6-4-2-1-3-5-8-7/h4-5H,1-3H2. The van der Waals surface area contributed by atoms with E-state index in [1.807, 2.05) is 0 Å². The van der Waals surface area contributed by atoms with Crippen molar-refractivity contribution >= 4 is 12.6 Å². The lowest BCUT2D eigenvalue weighted by Gasteiger charge is -1.77. The second-order valence-electron chi connectivity index (χ2n) is 1.36. The molecule has 0 N–H and O–H groups in total. The molecule has 0 unspecified atom stereocenters. The van der Waals surface area contributed by atoms with Crippen molar-refractivity contribution in [2.75, 3.05) is 0 Å². The molecule has 0 heterocycles. The molecule has 3 nitrogen and oxygen atoms in total. The Morgan fingerprint density at radius 2 is 2.25 bits per heavy atom. The van der Waals surface area contributed by atoms with Gasteiger partial charge in [-0.1, -0.05) is 0 Å². The van der Waals surface area contributed by atoms with E-state index in [1.165, 1.54) is 0 Å². The third-order valence-corrected chi connectivity index (χ3v) is 0.712. The summed E-state index contributed by atoms with van der Waals surface area (Å²) >= 11 is 0. The highest BCUT2D eigenvalue weighted by molar-refractivity contribution is 5.53. The van der Waals surface area contributed by atoms with Crippen molar-refractivity contribution in [3.8, 4) is 0 Å². The van der Waals surface area contributed by atoms with E-state index >= 15 is 0 Å². The number of carbonyl (C=O) groups excluding carboxylic acids is 2. The second-order valence-corrected chi connectivity index (χ2v) is 1.36. The summed E-state index contributed by atoms with van der Waals surface area (Å²) in [6.07, 6.45) is 3.72. The fraction of sp³-hybridized carbons (Fsp3) is 0.600. The first-order chi connectivity index (χ1) is 3.91. The van der Waals surface area contributed by atoms with Gasteiger partial charge in [0.25, 0.3) is 0 Å². The maximum absolute atomic E-state index is 9.64. The number of unbranched alkanes of at least 4 members (excludes halogenated alkanes) is 2. The zero-order valence-electron chi connectivity index (χ0n) is 4.50. The Morgan fingerprint density at radius 3 is 2.75 bits per heavy atom. The molecule has 0 aromatic rings. The highest BCUT2D eigenvalue weighted by Crippen LogP contribution is 1.86. The van der Waals surface area contributed by atoms with Crippen LogP contribution < -0.4 is 5.26 Å². The Morgan fingerprint density at radius 1 is 1.50 bits per heavy atom. The SMILES string of the molecule is O=CCCCC=[O+][O-]. The first-order valence-electron chi connectivity index (χ1n) is 2.45. The summed E-state index contributed by atoms with van der Waals surface area (Å²) < 4.78 is 3.40. The quantitative estimate of drug-likeness (QED) is 0.161. The molecule has 8 heavy (non-hydrogen) atoms. The Bertz CT molecular complexity index is 77.7. The molecule has 0 radical (unpaired) electrons. The molecule has 0 aromatic heterocycles. The fourth-order valence-corrected chi connectivity index (χ4v) is 0.333. The van der Waals surface area contributed by atoms with E-state index in [1.54, 1.807) is 0 Å². The van der Waals surface area contributed by atoms with Crippen molar-refractivity contribution in [2.45, 2.75) is 19.3 Å². The molecule has 0 saturated heterocycles. The molecule has 0 rings (SSSR count). The van der Waals surface area contributed by atoms with Gasteiger partial charge in [0, 0.05) is 6.42 Å². The van der Waals surface area contributed by atoms with Crippen LogP contribution in [0.1, 0.15) is 19.3 Å². The summed E-state index contributed by atoms with van der Waals surface area (Å²) in [4.78, 5) is 9.64. The van der Waals surface area contributed by atoms with E-state index in [9.17, 15) is 10.1 Å². The summed E-state index contributed by atoms with van der Waals surface area (Å²) in [5.41, 5.74) is 0. The van der Waals surface area contributed by atoms with Crippen LogP contribution in [0.15, 0.2) is 0 Å². The number of hydrogen-bond acceptors (Lipinski definition) is 2. The first-order valence-corrected chi connectivity index (χ1v) is 2.45. The zero-order chi connectivity index (χ0) is 6.24. The lowest BCUT2D eigenvalue weighted by atomic mass is 10.3. The van der Waals surface area contributed by atoms with Gasteiger partial charge in [-0.05, 0) is 6.42 Å². The lowest BCUT2D eigenvalue weighted by Crippen LogP contribution is -1.96. The van der Waals surface area contributed by atoms with E-state index < -0.39 is 0 Å². The van der Waals surface area contributed by atoms with Gasteiger partial charge in [-0.2, -0.15) is 4.58 Å². The van der Waals surface area contributed by atoms with Gasteiger partial charge in [-0.15, -0.1) is 0 Å². The van der Waals surface area contributed by atoms with Gasteiger partial charge >= 0.3 is 6.29 Å². The van der Waals surface area contributed by atoms with Gasteiger partial charge in [0.15, 0.2) is 0 Å². The van der Waals surface area contributed by atoms with Crippen LogP contribution in [-0.4, -0.2) is 12.6 Å². The van der Waals surface area contributed by atoms with Crippen molar-refractivity contribution in [3.05, 3.63) is 0 Å². The average molecular weight is 116 g/mol. The van der Waals surface area contributed by atoms with Crippen molar-refractivity contribution in [2.24, 2.45) is 0 Å². The Kier molecular flexibility index (Phi) is 5.48. The maximum Gasteiger partial charge on any atom is 0.318 e. The number of carbonyl (C=O) groups is 1. The van der Waals surface area contributed by atoms with Crippen molar-refractivity contribution in [1.82, 2.24) is 0 Å². The van der Waals surface area contributed by atoms with Gasteiger partial charge in [-0.25, -0.2) is 0 Å². The van der Waals surface area contributed by atoms with Crippen molar-refractivity contribution in [3.63, 3.8) is 0 Å². The minimum Gasteiger partial charge on any atom is -0.463 e. The molecule has 0 bridgehead atoms. The molecule has 0 atom stereocenters. The third-order valence-electron chi connectivity index (χ3n) is 0.712. The molecule has 0 aliphatic carbocycles. The summed E-state index contributed by atoms with van der Waals surface area (Å²) in [6.45, 7) is 0. The summed E-state index contributed by atoms with van der Waals surface area (Å²) in [6, 6.07) is 0. The molecule has 0 spiro atoms. The van der Waals surface area contributed by atoms with E-state index in [2.05, 4.69) is 4.58 Å². The molecule has 0 aromatic carbocycles. The highest BCUT2D eigenvalue weighted by atomic mass is 17.1. The van der Waals surface area contributed by atoms with Gasteiger partial charge < -0.3 is 10.1 Å². The zero-order valence-corrected chi connectivity index (χ0v) is 4.50. The second kappa shape index (κ2) is 6.14. The van der Waals surface area contributed by atoms with E-state index in [0.717, 1.165) is 12.6 Å². The van der Waals surface area contributed by atoms with Crippen LogP contribution in [0.3, 0.4) is 0 Å². The smallest absolute Gasteiger partial charge is 0.318 e. The van der Waals surface area contributed by atoms with Crippen LogP contribution in [0, 0.1) is 0 Å². The summed E-state index contributed by atoms with van der Waals surface area (Å²) in [7, 11) is 0. The fourth-order valence-electron chi connectivity index (χ4n) is 0.333. The Hall–Kier alpha value is -0.860. The van der Waals surface area contributed by atoms with Crippen LogP contribution >= 0.6 is 0 Å². The monoisotopic (exact) mass is 116 g/mol. The number of hydrogen-bond donors (Lipinski definition) is 0. The first kappa shape index (κ1) is 7.14. The molecule has 0 aliphatic rings. The van der Waals surface area contributed by atoms with Crippen molar-refractivity contribution in [1.29, 1.82) is 0 Å². The normalized spacial score (nSPS) is 10.0. The number of aldehydes is 2. The highest BCUT2D eigenvalue weighted by Gasteiger charge is 1.85. The molecule has 46 valence electrons. The van der Waals surface area contributed by atoms with Crippen LogP contribution in [0.2, 0.25) is 0 Å². The molecule has 0 saturated carbocycles. The average Bonchev–Trinajstić information content (AvgIpc) is 1.81. The summed E-state index contributed by atoms with van der Waals surface area (Å²) in [5, 5.41) is 9.25. The molecule has 3 heteroatoms. The summed E-state index contributed by atoms with van der Waals surface area (Å²) in [5.74, 6) is 0. The molecular formula is C5H8O3. The molecule has 0 fully saturated rings. The van der Waals surface area contributed by atoms with E-state index in [-0.39, 0.29) is 0 Å². The van der Waals surface area contributed by atoms with Crippen molar-refractivity contribution < 1.29 is 14.6 Å². The molecule has 0 aliphatic heterocycles. The van der Waals surface area contributed by atoms with Crippen LogP contribution in [0.5, 0.6) is 0 Å². The van der Waals surface area contributed by atoms with Crippen LogP contribution in [0.25, 0.3) is 0 Å². The minimum atomic E-state index is 0.500. The van der Waals surface area contributed by atoms with Gasteiger partial charge in [-0.3, -0.25) is 0 Å². The Labute approximate surface area is 47.6 Å². The topological polar surface area (TPSA) is 51.4 Å². The van der Waals surface area contributed by atoms with E-state index in [0.29, 0.717) is 19.3 Å². The largest absolute Gasteiger partial charge is 0.463 e. The Balaban J connectivity index is 2.82. The van der Waals surface area contributed by atoms with Gasteiger partial charge in [0.05, 0.1) is 6.42 Å².